The van der Waals surface area contributed by atoms with E-state index in [1.54, 1.807) is 0 Å². The number of hydrogen-bond donors (Lipinski definition) is 2. The molecule has 0 amide bonds. The second kappa shape index (κ2) is 11.1. The zero-order valence-corrected chi connectivity index (χ0v) is 21.7. The van der Waals surface area contributed by atoms with Crippen molar-refractivity contribution in [2.45, 2.75) is 86.0 Å². The molecule has 0 aromatic rings. The molecule has 1 fully saturated rings. The molecule has 0 aromatic heterocycles. The van der Waals surface area contributed by atoms with E-state index in [1.807, 2.05) is 6.08 Å². The van der Waals surface area contributed by atoms with E-state index in [9.17, 15) is 19.8 Å². The quantitative estimate of drug-likeness (QED) is 0.363. The third-order valence-electron chi connectivity index (χ3n) is 8.87. The van der Waals surface area contributed by atoms with Gasteiger partial charge in [-0.2, -0.15) is 0 Å². The average molecular weight is 469 g/mol. The lowest BCUT2D eigenvalue weighted by molar-refractivity contribution is -0.152. The fourth-order valence-corrected chi connectivity index (χ4v) is 6.62. The number of allylic oxidation sites excluding steroid dienone is 7. The van der Waals surface area contributed by atoms with Gasteiger partial charge in [0.05, 0.1) is 11.3 Å². The molecule has 2 N–H and O–H groups in total. The second-order valence-electron chi connectivity index (χ2n) is 11.6. The highest BCUT2D eigenvalue weighted by atomic mass is 16.4. The Bertz CT molecular complexity index is 879. The normalized spacial score (nSPS) is 34.6. The molecule has 3 aliphatic rings. The molecule has 0 heterocycles. The van der Waals surface area contributed by atoms with Crippen molar-refractivity contribution in [2.24, 2.45) is 40.9 Å². The highest BCUT2D eigenvalue weighted by molar-refractivity contribution is 5.80. The van der Waals surface area contributed by atoms with E-state index >= 15 is 0 Å². The van der Waals surface area contributed by atoms with E-state index in [0.29, 0.717) is 30.6 Å². The Hall–Kier alpha value is -2.10. The molecule has 0 radical (unpaired) electrons. The summed E-state index contributed by atoms with van der Waals surface area (Å²) in [6.45, 7) is 10.8. The Morgan fingerprint density at radius 2 is 1.76 bits per heavy atom. The number of carboxylic acids is 2. The van der Waals surface area contributed by atoms with Gasteiger partial charge in [-0.1, -0.05) is 54.0 Å². The number of carbonyl (C=O) groups is 2. The number of rotatable bonds is 8. The van der Waals surface area contributed by atoms with Crippen molar-refractivity contribution < 1.29 is 19.8 Å². The summed E-state index contributed by atoms with van der Waals surface area (Å²) in [6.07, 6.45) is 18.1. The van der Waals surface area contributed by atoms with E-state index < -0.39 is 17.4 Å². The van der Waals surface area contributed by atoms with Crippen LogP contribution in [0.1, 0.15) is 86.0 Å². The van der Waals surface area contributed by atoms with Crippen molar-refractivity contribution in [3.05, 3.63) is 47.1 Å². The van der Waals surface area contributed by atoms with Gasteiger partial charge in [-0.3, -0.25) is 9.59 Å². The van der Waals surface area contributed by atoms with Gasteiger partial charge in [0.1, 0.15) is 0 Å². The average Bonchev–Trinajstić information content (AvgIpc) is 2.78. The molecule has 0 bridgehead atoms. The summed E-state index contributed by atoms with van der Waals surface area (Å²) < 4.78 is 0. The van der Waals surface area contributed by atoms with Crippen molar-refractivity contribution >= 4 is 11.9 Å². The summed E-state index contributed by atoms with van der Waals surface area (Å²) in [4.78, 5) is 24.2. The van der Waals surface area contributed by atoms with Gasteiger partial charge < -0.3 is 10.2 Å². The van der Waals surface area contributed by atoms with Crippen LogP contribution in [0, 0.1) is 40.9 Å². The lowest BCUT2D eigenvalue weighted by Gasteiger charge is -2.47. The molecule has 4 heteroatoms. The molecule has 1 saturated carbocycles. The van der Waals surface area contributed by atoms with Crippen molar-refractivity contribution in [3.8, 4) is 0 Å². The smallest absolute Gasteiger partial charge is 0.314 e. The Kier molecular flexibility index (Phi) is 8.65. The third kappa shape index (κ3) is 5.75. The number of fused-ring (bicyclic) bond motifs is 1. The predicted octanol–water partition coefficient (Wildman–Crippen LogP) is 7.44. The van der Waals surface area contributed by atoms with Crippen LogP contribution in [0.25, 0.3) is 0 Å². The van der Waals surface area contributed by atoms with Gasteiger partial charge in [0, 0.05) is 5.92 Å². The van der Waals surface area contributed by atoms with Crippen LogP contribution in [-0.2, 0) is 9.59 Å². The Morgan fingerprint density at radius 1 is 1.12 bits per heavy atom. The third-order valence-corrected chi connectivity index (χ3v) is 8.87. The van der Waals surface area contributed by atoms with Gasteiger partial charge in [-0.15, -0.1) is 0 Å². The fraction of sp³-hybridized carbons (Fsp3) is 0.667. The first-order chi connectivity index (χ1) is 16.0. The van der Waals surface area contributed by atoms with Gasteiger partial charge in [-0.05, 0) is 103 Å². The molecule has 3 rings (SSSR count). The summed E-state index contributed by atoms with van der Waals surface area (Å²) in [5.74, 6) is -0.367. The SMILES string of the molecule is CC(C)=CCC[C@H](C)[C@H]1C=C[C@@]2(C(=O)O)[C@H](CC(C)=C[C@@H]2/C=C(\C)C2CCC(C(=O)O)CC2)C1. The molecule has 0 spiro atoms. The standard InChI is InChI=1S/C30H44O4/c1-19(2)7-6-8-21(4)25-13-14-30(29(33)34)26(15-20(3)16-27(30)18-25)17-22(5)23-9-11-24(12-10-23)28(31)32/h7,13-15,17,21,23-27H,6,8-12,16,18H2,1-5H3,(H,31,32)(H,33,34)/b22-17+/t21-,23?,24?,25-,26+,27+,30-/m0/s1. The minimum absolute atomic E-state index is 0.104. The second-order valence-corrected chi connectivity index (χ2v) is 11.6. The molecular formula is C30H44O4. The summed E-state index contributed by atoms with van der Waals surface area (Å²) in [7, 11) is 0. The van der Waals surface area contributed by atoms with Crippen LogP contribution < -0.4 is 0 Å². The van der Waals surface area contributed by atoms with Crippen LogP contribution >= 0.6 is 0 Å². The van der Waals surface area contributed by atoms with E-state index in [0.717, 1.165) is 38.5 Å². The molecular weight excluding hydrogens is 424 g/mol. The van der Waals surface area contributed by atoms with E-state index in [4.69, 9.17) is 0 Å². The van der Waals surface area contributed by atoms with Crippen LogP contribution in [0.2, 0.25) is 0 Å². The monoisotopic (exact) mass is 468 g/mol. The highest BCUT2D eigenvalue weighted by Crippen LogP contribution is 2.53. The summed E-state index contributed by atoms with van der Waals surface area (Å²) in [6, 6.07) is 0. The molecule has 3 aliphatic carbocycles. The Labute approximate surface area is 205 Å². The number of aliphatic carboxylic acids is 2. The van der Waals surface area contributed by atoms with E-state index in [1.165, 1.54) is 16.7 Å². The van der Waals surface area contributed by atoms with Gasteiger partial charge in [0.2, 0.25) is 0 Å². The molecule has 0 aromatic carbocycles. The molecule has 4 nitrogen and oxygen atoms in total. The Balaban J connectivity index is 1.82. The van der Waals surface area contributed by atoms with Crippen molar-refractivity contribution in [1.29, 1.82) is 0 Å². The fourth-order valence-electron chi connectivity index (χ4n) is 6.62. The van der Waals surface area contributed by atoms with Crippen molar-refractivity contribution in [3.63, 3.8) is 0 Å². The zero-order valence-electron chi connectivity index (χ0n) is 21.7. The van der Waals surface area contributed by atoms with E-state index in [2.05, 4.69) is 58.9 Å². The predicted molar refractivity (Wildman–Crippen MR) is 137 cm³/mol. The van der Waals surface area contributed by atoms with Crippen LogP contribution in [-0.4, -0.2) is 22.2 Å². The summed E-state index contributed by atoms with van der Waals surface area (Å²) in [5.41, 5.74) is 2.99. The molecule has 0 aliphatic heterocycles. The lowest BCUT2D eigenvalue weighted by atomic mass is 9.55. The first-order valence-corrected chi connectivity index (χ1v) is 13.2. The van der Waals surface area contributed by atoms with Gasteiger partial charge in [0.15, 0.2) is 0 Å². The summed E-state index contributed by atoms with van der Waals surface area (Å²) >= 11 is 0. The number of carboxylic acid groups (broad SMARTS) is 2. The van der Waals surface area contributed by atoms with Crippen LogP contribution in [0.15, 0.2) is 47.1 Å². The van der Waals surface area contributed by atoms with Crippen molar-refractivity contribution in [1.82, 2.24) is 0 Å². The molecule has 0 unspecified atom stereocenters. The topological polar surface area (TPSA) is 74.6 Å². The van der Waals surface area contributed by atoms with Gasteiger partial charge >= 0.3 is 11.9 Å². The van der Waals surface area contributed by atoms with E-state index in [-0.39, 0.29) is 17.8 Å². The highest BCUT2D eigenvalue weighted by Gasteiger charge is 2.52. The molecule has 188 valence electrons. The lowest BCUT2D eigenvalue weighted by Crippen LogP contribution is -2.47. The zero-order chi connectivity index (χ0) is 25.0. The van der Waals surface area contributed by atoms with Crippen LogP contribution in [0.3, 0.4) is 0 Å². The first kappa shape index (κ1) is 26.5. The number of hydrogen-bond acceptors (Lipinski definition) is 2. The summed E-state index contributed by atoms with van der Waals surface area (Å²) in [5, 5.41) is 19.9. The Morgan fingerprint density at radius 3 is 2.35 bits per heavy atom. The van der Waals surface area contributed by atoms with Crippen molar-refractivity contribution in [2.75, 3.05) is 0 Å². The minimum Gasteiger partial charge on any atom is -0.481 e. The molecule has 34 heavy (non-hydrogen) atoms. The minimum atomic E-state index is -0.880. The maximum atomic E-state index is 12.8. The van der Waals surface area contributed by atoms with Gasteiger partial charge in [0.25, 0.3) is 0 Å². The van der Waals surface area contributed by atoms with Gasteiger partial charge in [-0.25, -0.2) is 0 Å². The van der Waals surface area contributed by atoms with Crippen LogP contribution in [0.4, 0.5) is 0 Å². The molecule has 0 saturated heterocycles. The van der Waals surface area contributed by atoms with Crippen LogP contribution in [0.5, 0.6) is 0 Å². The largest absolute Gasteiger partial charge is 0.481 e. The molecule has 5 atom stereocenters. The first-order valence-electron chi connectivity index (χ1n) is 13.2. The maximum Gasteiger partial charge on any atom is 0.314 e. The maximum absolute atomic E-state index is 12.8.